The molecule has 3 heterocycles. The van der Waals surface area contributed by atoms with Gasteiger partial charge in [0, 0.05) is 60.1 Å². The van der Waals surface area contributed by atoms with Crippen molar-refractivity contribution < 1.29 is 28.7 Å². The van der Waals surface area contributed by atoms with Gasteiger partial charge in [-0.1, -0.05) is 18.2 Å². The van der Waals surface area contributed by atoms with Gasteiger partial charge in [0.25, 0.3) is 0 Å². The number of carbonyl (C=O) groups excluding carboxylic acids is 4. The summed E-state index contributed by atoms with van der Waals surface area (Å²) in [5, 5.41) is 8.96. The van der Waals surface area contributed by atoms with Gasteiger partial charge in [-0.3, -0.25) is 9.59 Å². The van der Waals surface area contributed by atoms with E-state index in [0.717, 1.165) is 16.5 Å². The number of carbonyl (C=O) groups is 4. The molecule has 0 aliphatic rings. The van der Waals surface area contributed by atoms with Gasteiger partial charge in [0.05, 0.1) is 19.8 Å². The second-order valence-electron chi connectivity index (χ2n) is 11.0. The summed E-state index contributed by atoms with van der Waals surface area (Å²) < 4.78 is 10.3. The first kappa shape index (κ1) is 30.8. The molecule has 0 radical (unpaired) electrons. The lowest BCUT2D eigenvalue weighted by Crippen LogP contribution is -2.57. The summed E-state index contributed by atoms with van der Waals surface area (Å²) in [4.78, 5) is 69.6. The number of benzene rings is 1. The van der Waals surface area contributed by atoms with Crippen LogP contribution in [0.5, 0.6) is 0 Å². The van der Waals surface area contributed by atoms with Crippen molar-refractivity contribution in [1.29, 1.82) is 0 Å². The van der Waals surface area contributed by atoms with Crippen molar-refractivity contribution in [3.63, 3.8) is 0 Å². The number of para-hydroxylation sites is 1. The summed E-state index contributed by atoms with van der Waals surface area (Å²) in [6.07, 6.45) is 7.19. The van der Waals surface area contributed by atoms with Crippen molar-refractivity contribution in [1.82, 2.24) is 40.9 Å². The zero-order valence-electron chi connectivity index (χ0n) is 24.4. The maximum Gasteiger partial charge on any atom is 0.408 e. The summed E-state index contributed by atoms with van der Waals surface area (Å²) in [7, 11) is 1.22. The highest BCUT2D eigenvalue weighted by Crippen LogP contribution is 2.19. The fourth-order valence-electron chi connectivity index (χ4n) is 4.50. The van der Waals surface area contributed by atoms with Gasteiger partial charge in [0.1, 0.15) is 23.7 Å². The van der Waals surface area contributed by atoms with Crippen LogP contribution in [0, 0.1) is 0 Å². The Labute approximate surface area is 247 Å². The van der Waals surface area contributed by atoms with E-state index in [0.29, 0.717) is 11.4 Å². The lowest BCUT2D eigenvalue weighted by Gasteiger charge is -2.26. The Bertz CT molecular complexity index is 1520. The number of aromatic amines is 3. The molecular formula is C29H36N8O6. The Balaban J connectivity index is 1.59. The van der Waals surface area contributed by atoms with Crippen LogP contribution in [0.2, 0.25) is 0 Å². The third-order valence-corrected chi connectivity index (χ3v) is 6.50. The summed E-state index contributed by atoms with van der Waals surface area (Å²) >= 11 is 0. The monoisotopic (exact) mass is 592 g/mol. The number of nitrogens with one attached hydrogen (secondary N) is 6. The van der Waals surface area contributed by atoms with Crippen molar-refractivity contribution >= 4 is 34.8 Å². The Morgan fingerprint density at radius 2 is 1.40 bits per heavy atom. The third-order valence-electron chi connectivity index (χ3n) is 6.50. The van der Waals surface area contributed by atoms with Crippen LogP contribution in [0.3, 0.4) is 0 Å². The number of fused-ring (bicyclic) bond motifs is 1. The first-order valence-corrected chi connectivity index (χ1v) is 13.7. The predicted molar refractivity (Wildman–Crippen MR) is 156 cm³/mol. The van der Waals surface area contributed by atoms with E-state index in [1.54, 1.807) is 27.0 Å². The predicted octanol–water partition coefficient (Wildman–Crippen LogP) is 1.68. The van der Waals surface area contributed by atoms with Crippen molar-refractivity contribution in [2.75, 3.05) is 7.11 Å². The number of amides is 3. The van der Waals surface area contributed by atoms with E-state index in [-0.39, 0.29) is 19.3 Å². The molecule has 0 bridgehead atoms. The Morgan fingerprint density at radius 3 is 1.98 bits per heavy atom. The molecule has 3 aromatic heterocycles. The first-order chi connectivity index (χ1) is 20.5. The molecule has 6 N–H and O–H groups in total. The van der Waals surface area contributed by atoms with E-state index < -0.39 is 47.6 Å². The minimum Gasteiger partial charge on any atom is -0.467 e. The van der Waals surface area contributed by atoms with E-state index in [1.807, 2.05) is 24.3 Å². The molecule has 0 saturated heterocycles. The first-order valence-electron chi connectivity index (χ1n) is 13.7. The topological polar surface area (TPSA) is 196 Å². The molecule has 4 rings (SSSR count). The minimum absolute atomic E-state index is 0.0527. The molecule has 3 amide bonds. The van der Waals surface area contributed by atoms with Crippen LogP contribution in [-0.2, 0) is 43.1 Å². The maximum atomic E-state index is 13.8. The van der Waals surface area contributed by atoms with Crippen LogP contribution in [0.4, 0.5) is 4.79 Å². The normalized spacial score (nSPS) is 13.5. The molecule has 0 spiro atoms. The van der Waals surface area contributed by atoms with Gasteiger partial charge >= 0.3 is 12.1 Å². The van der Waals surface area contributed by atoms with Crippen LogP contribution in [0.15, 0.2) is 55.5 Å². The molecule has 0 aliphatic heterocycles. The molecule has 14 heteroatoms. The molecule has 1 aromatic carbocycles. The molecule has 228 valence electrons. The fourth-order valence-corrected chi connectivity index (χ4v) is 4.50. The zero-order chi connectivity index (χ0) is 31.0. The number of imidazole rings is 2. The average molecular weight is 593 g/mol. The van der Waals surface area contributed by atoms with E-state index in [1.165, 1.54) is 32.2 Å². The minimum atomic E-state index is -1.13. The number of hydrogen-bond donors (Lipinski definition) is 6. The maximum absolute atomic E-state index is 13.8. The highest BCUT2D eigenvalue weighted by Gasteiger charge is 2.32. The van der Waals surface area contributed by atoms with Crippen LogP contribution in [0.1, 0.15) is 37.7 Å². The van der Waals surface area contributed by atoms with Crippen molar-refractivity contribution in [2.45, 2.75) is 63.8 Å². The molecule has 3 atom stereocenters. The number of aromatic nitrogens is 5. The third kappa shape index (κ3) is 8.67. The number of ether oxygens (including phenoxy) is 2. The number of methoxy groups -OCH3 is 1. The molecular weight excluding hydrogens is 556 g/mol. The molecule has 0 saturated carbocycles. The summed E-state index contributed by atoms with van der Waals surface area (Å²) in [6.45, 7) is 5.12. The fraction of sp³-hybridized carbons (Fsp3) is 0.379. The van der Waals surface area contributed by atoms with Gasteiger partial charge in [-0.05, 0) is 32.4 Å². The van der Waals surface area contributed by atoms with Gasteiger partial charge in [0.2, 0.25) is 11.8 Å². The van der Waals surface area contributed by atoms with E-state index >= 15 is 0 Å². The summed E-state index contributed by atoms with van der Waals surface area (Å²) in [5.74, 6) is -1.92. The molecule has 43 heavy (non-hydrogen) atoms. The Hall–Kier alpha value is -5.14. The number of hydrogen-bond acceptors (Lipinski definition) is 8. The molecule has 14 nitrogen and oxygen atoms in total. The van der Waals surface area contributed by atoms with Gasteiger partial charge in [-0.15, -0.1) is 0 Å². The lowest BCUT2D eigenvalue weighted by molar-refractivity contribution is -0.145. The number of rotatable bonds is 12. The van der Waals surface area contributed by atoms with Gasteiger partial charge in [0.15, 0.2) is 0 Å². The van der Waals surface area contributed by atoms with Gasteiger partial charge in [-0.2, -0.15) is 0 Å². The lowest BCUT2D eigenvalue weighted by atomic mass is 10.0. The largest absolute Gasteiger partial charge is 0.467 e. The smallest absolute Gasteiger partial charge is 0.408 e. The molecule has 0 fully saturated rings. The van der Waals surface area contributed by atoms with Crippen molar-refractivity contribution in [3.8, 4) is 0 Å². The Kier molecular flexibility index (Phi) is 9.80. The SMILES string of the molecule is COC(=O)[C@H](Cc1cnc[nH]1)NC(=O)[C@H](Cc1c[nH]c2ccccc12)NC(=O)[C@H](Cc1cnc[nH]1)NC(=O)OC(C)(C)C. The van der Waals surface area contributed by atoms with E-state index in [4.69, 9.17) is 9.47 Å². The second-order valence-corrected chi connectivity index (χ2v) is 11.0. The van der Waals surface area contributed by atoms with Crippen molar-refractivity contribution in [2.24, 2.45) is 0 Å². The standard InChI is InChI=1S/C29H36N8O6/c1-29(2,3)43-28(41)37-23(10-18-13-30-15-33-18)26(39)35-22(9-17-12-32-21-8-6-5-7-20(17)21)25(38)36-24(27(40)42-4)11-19-14-31-16-34-19/h5-8,12-16,22-24,32H,9-11H2,1-4H3,(H,30,33)(H,31,34)(H,35,39)(H,36,38)(H,37,41)/t22-,23-,24-/m0/s1. The van der Waals surface area contributed by atoms with Crippen LogP contribution < -0.4 is 16.0 Å². The van der Waals surface area contributed by atoms with Crippen LogP contribution in [0.25, 0.3) is 10.9 Å². The number of nitrogens with zero attached hydrogens (tertiary/aromatic N) is 2. The molecule has 0 aliphatic carbocycles. The number of esters is 1. The molecule has 4 aromatic rings. The van der Waals surface area contributed by atoms with E-state index in [9.17, 15) is 19.2 Å². The van der Waals surface area contributed by atoms with Crippen molar-refractivity contribution in [3.05, 3.63) is 72.5 Å². The molecule has 0 unspecified atom stereocenters. The van der Waals surface area contributed by atoms with Crippen LogP contribution in [-0.4, -0.2) is 79.6 Å². The summed E-state index contributed by atoms with van der Waals surface area (Å²) in [6, 6.07) is 4.25. The van der Waals surface area contributed by atoms with Crippen LogP contribution >= 0.6 is 0 Å². The zero-order valence-corrected chi connectivity index (χ0v) is 24.4. The van der Waals surface area contributed by atoms with E-state index in [2.05, 4.69) is 40.9 Å². The highest BCUT2D eigenvalue weighted by molar-refractivity contribution is 5.94. The average Bonchev–Trinajstić information content (AvgIpc) is 3.74. The van der Waals surface area contributed by atoms with Gasteiger partial charge < -0.3 is 40.4 Å². The highest BCUT2D eigenvalue weighted by atomic mass is 16.6. The Morgan fingerprint density at radius 1 is 0.814 bits per heavy atom. The number of H-pyrrole nitrogens is 3. The summed E-state index contributed by atoms with van der Waals surface area (Å²) in [5.41, 5.74) is 2.02. The quantitative estimate of drug-likeness (QED) is 0.134. The van der Waals surface area contributed by atoms with Gasteiger partial charge in [-0.25, -0.2) is 19.6 Å². The second kappa shape index (κ2) is 13.7. The number of alkyl carbamates (subject to hydrolysis) is 1.